The molecule has 2 aromatic rings. The van der Waals surface area contributed by atoms with Gasteiger partial charge in [0.05, 0.1) is 0 Å². The number of hydrogen-bond acceptors (Lipinski definition) is 6. The molecule has 0 bridgehead atoms. The molecule has 0 saturated heterocycles. The summed E-state index contributed by atoms with van der Waals surface area (Å²) < 4.78 is 5.14. The van der Waals surface area contributed by atoms with E-state index < -0.39 is 17.7 Å². The predicted molar refractivity (Wildman–Crippen MR) is 99.5 cm³/mol. The number of carbonyl (C=O) groups excluding carboxylic acids is 1. The molecule has 0 unspecified atom stereocenters. The zero-order valence-electron chi connectivity index (χ0n) is 15.3. The highest BCUT2D eigenvalue weighted by Crippen LogP contribution is 2.13. The van der Waals surface area contributed by atoms with Crippen LogP contribution in [0.25, 0.3) is 0 Å². The van der Waals surface area contributed by atoms with E-state index in [1.807, 2.05) is 30.3 Å². The van der Waals surface area contributed by atoms with Crippen LogP contribution in [0.15, 0.2) is 53.8 Å². The fourth-order valence-corrected chi connectivity index (χ4v) is 2.02. The van der Waals surface area contributed by atoms with E-state index >= 15 is 0 Å². The number of ether oxygens (including phenoxy) is 1. The molecule has 0 radical (unpaired) electrons. The van der Waals surface area contributed by atoms with Gasteiger partial charge in [0.15, 0.2) is 5.71 Å². The lowest BCUT2D eigenvalue weighted by Gasteiger charge is -2.19. The zero-order valence-corrected chi connectivity index (χ0v) is 15.3. The molecule has 0 atom stereocenters. The average molecular weight is 371 g/mol. The number of rotatable bonds is 6. The number of nitrogens with one attached hydrogen (secondary N) is 1. The topological polar surface area (TPSA) is 110 Å². The van der Waals surface area contributed by atoms with E-state index in [0.29, 0.717) is 0 Å². The first kappa shape index (κ1) is 19.9. The van der Waals surface area contributed by atoms with Gasteiger partial charge in [-0.1, -0.05) is 35.5 Å². The summed E-state index contributed by atoms with van der Waals surface area (Å²) >= 11 is 0. The summed E-state index contributed by atoms with van der Waals surface area (Å²) in [5, 5.41) is 15.6. The first-order valence-corrected chi connectivity index (χ1v) is 8.18. The van der Waals surface area contributed by atoms with Crippen molar-refractivity contribution >= 4 is 23.6 Å². The molecular weight excluding hydrogens is 350 g/mol. The van der Waals surface area contributed by atoms with Crippen LogP contribution in [-0.4, -0.2) is 33.5 Å². The van der Waals surface area contributed by atoms with Gasteiger partial charge in [-0.05, 0) is 38.5 Å². The number of oxime groups is 1. The third-order valence-corrected chi connectivity index (χ3v) is 3.09. The maximum atomic E-state index is 11.8. The van der Waals surface area contributed by atoms with Crippen molar-refractivity contribution in [2.45, 2.75) is 33.0 Å². The standard InChI is InChI=1S/C19H21N3O5/c1-19(2,3)27-18(25)21-15-11-14(9-10-20-15)16(17(23)24)22-26-12-13-7-5-4-6-8-13/h4-11H,12H2,1-3H3,(H,23,24)(H,20,21,25)/b22-16+. The number of anilines is 1. The van der Waals surface area contributed by atoms with Crippen molar-refractivity contribution in [3.8, 4) is 0 Å². The quantitative estimate of drug-likeness (QED) is 0.594. The van der Waals surface area contributed by atoms with Crippen LogP contribution in [0.4, 0.5) is 10.6 Å². The number of carbonyl (C=O) groups is 2. The minimum atomic E-state index is -1.27. The Kier molecular flexibility index (Phi) is 6.48. The van der Waals surface area contributed by atoms with Crippen molar-refractivity contribution in [1.82, 2.24) is 4.98 Å². The van der Waals surface area contributed by atoms with Gasteiger partial charge in [-0.15, -0.1) is 0 Å². The molecule has 0 saturated carbocycles. The Balaban J connectivity index is 2.11. The van der Waals surface area contributed by atoms with Crippen molar-refractivity contribution in [2.24, 2.45) is 5.16 Å². The van der Waals surface area contributed by atoms with Crippen molar-refractivity contribution in [3.63, 3.8) is 0 Å². The molecule has 0 aliphatic carbocycles. The van der Waals surface area contributed by atoms with Crippen LogP contribution in [0.3, 0.4) is 0 Å². The Morgan fingerprint density at radius 3 is 2.52 bits per heavy atom. The summed E-state index contributed by atoms with van der Waals surface area (Å²) in [7, 11) is 0. The van der Waals surface area contributed by atoms with E-state index in [1.165, 1.54) is 18.3 Å². The van der Waals surface area contributed by atoms with Crippen LogP contribution in [0, 0.1) is 0 Å². The number of aliphatic carboxylic acids is 1. The van der Waals surface area contributed by atoms with E-state index in [9.17, 15) is 14.7 Å². The third kappa shape index (κ3) is 6.77. The van der Waals surface area contributed by atoms with Gasteiger partial charge in [-0.25, -0.2) is 14.6 Å². The second-order valence-electron chi connectivity index (χ2n) is 6.56. The third-order valence-electron chi connectivity index (χ3n) is 3.09. The van der Waals surface area contributed by atoms with Crippen molar-refractivity contribution in [3.05, 3.63) is 59.8 Å². The van der Waals surface area contributed by atoms with Crippen LogP contribution in [0.2, 0.25) is 0 Å². The lowest BCUT2D eigenvalue weighted by molar-refractivity contribution is -0.129. The summed E-state index contributed by atoms with van der Waals surface area (Å²) in [4.78, 5) is 32.5. The number of amides is 1. The molecule has 1 amide bonds. The minimum Gasteiger partial charge on any atom is -0.476 e. The second kappa shape index (κ2) is 8.79. The van der Waals surface area contributed by atoms with Crippen LogP contribution in [0.5, 0.6) is 0 Å². The molecule has 0 aliphatic rings. The molecule has 142 valence electrons. The molecule has 0 fully saturated rings. The average Bonchev–Trinajstić information content (AvgIpc) is 2.58. The van der Waals surface area contributed by atoms with E-state index in [2.05, 4.69) is 15.5 Å². The maximum absolute atomic E-state index is 11.8. The van der Waals surface area contributed by atoms with Gasteiger partial charge in [0.1, 0.15) is 18.0 Å². The fourth-order valence-electron chi connectivity index (χ4n) is 2.02. The Labute approximate surface area is 156 Å². The second-order valence-corrected chi connectivity index (χ2v) is 6.56. The molecule has 2 rings (SSSR count). The molecule has 0 aliphatic heterocycles. The van der Waals surface area contributed by atoms with Gasteiger partial charge in [-0.2, -0.15) is 0 Å². The summed E-state index contributed by atoms with van der Waals surface area (Å²) in [6, 6.07) is 12.1. The number of hydrogen-bond donors (Lipinski definition) is 2. The highest BCUT2D eigenvalue weighted by atomic mass is 16.6. The Morgan fingerprint density at radius 1 is 1.19 bits per heavy atom. The van der Waals surface area contributed by atoms with E-state index in [-0.39, 0.29) is 23.7 Å². The summed E-state index contributed by atoms with van der Waals surface area (Å²) in [6.45, 7) is 5.33. The smallest absolute Gasteiger partial charge is 0.413 e. The van der Waals surface area contributed by atoms with E-state index in [1.54, 1.807) is 20.8 Å². The zero-order chi connectivity index (χ0) is 19.9. The maximum Gasteiger partial charge on any atom is 0.413 e. The van der Waals surface area contributed by atoms with Crippen LogP contribution in [-0.2, 0) is 21.0 Å². The molecule has 27 heavy (non-hydrogen) atoms. The van der Waals surface area contributed by atoms with Gasteiger partial charge < -0.3 is 14.7 Å². The molecule has 8 heteroatoms. The highest BCUT2D eigenvalue weighted by Gasteiger charge is 2.18. The number of pyridine rings is 1. The van der Waals surface area contributed by atoms with Gasteiger partial charge in [0, 0.05) is 11.8 Å². The SMILES string of the molecule is CC(C)(C)OC(=O)Nc1cc(/C(=N\OCc2ccccc2)C(=O)O)ccn1. The largest absolute Gasteiger partial charge is 0.476 e. The number of benzene rings is 1. The molecule has 8 nitrogen and oxygen atoms in total. The number of aromatic nitrogens is 1. The van der Waals surface area contributed by atoms with Crippen molar-refractivity contribution < 1.29 is 24.3 Å². The lowest BCUT2D eigenvalue weighted by Crippen LogP contribution is -2.27. The molecule has 1 aromatic carbocycles. The Bertz CT molecular complexity index is 829. The van der Waals surface area contributed by atoms with Gasteiger partial charge in [0.25, 0.3) is 0 Å². The number of nitrogens with zero attached hydrogens (tertiary/aromatic N) is 2. The molecular formula is C19H21N3O5. The minimum absolute atomic E-state index is 0.131. The van der Waals surface area contributed by atoms with Gasteiger partial charge in [-0.3, -0.25) is 5.32 Å². The first-order chi connectivity index (χ1) is 12.7. The van der Waals surface area contributed by atoms with Crippen LogP contribution in [0.1, 0.15) is 31.9 Å². The van der Waals surface area contributed by atoms with E-state index in [0.717, 1.165) is 5.56 Å². The number of carboxylic acid groups (broad SMARTS) is 1. The normalized spacial score (nSPS) is 11.6. The summed E-state index contributed by atoms with van der Waals surface area (Å²) in [5.41, 5.74) is 0.117. The monoisotopic (exact) mass is 371 g/mol. The molecule has 1 aromatic heterocycles. The Morgan fingerprint density at radius 2 is 1.89 bits per heavy atom. The highest BCUT2D eigenvalue weighted by molar-refractivity contribution is 6.42. The van der Waals surface area contributed by atoms with Crippen molar-refractivity contribution in [1.29, 1.82) is 0 Å². The number of carboxylic acids is 1. The van der Waals surface area contributed by atoms with E-state index in [4.69, 9.17) is 9.57 Å². The molecule has 1 heterocycles. The van der Waals surface area contributed by atoms with Crippen LogP contribution >= 0.6 is 0 Å². The first-order valence-electron chi connectivity index (χ1n) is 8.18. The van der Waals surface area contributed by atoms with Gasteiger partial charge in [0.2, 0.25) is 0 Å². The summed E-state index contributed by atoms with van der Waals surface area (Å²) in [6.07, 6.45) is 0.666. The molecule has 2 N–H and O–H groups in total. The van der Waals surface area contributed by atoms with Crippen molar-refractivity contribution in [2.75, 3.05) is 5.32 Å². The van der Waals surface area contributed by atoms with Crippen LogP contribution < -0.4 is 5.32 Å². The predicted octanol–water partition coefficient (Wildman–Crippen LogP) is 3.43. The Hall–Kier alpha value is -3.42. The fraction of sp³-hybridized carbons (Fsp3) is 0.263. The summed E-state index contributed by atoms with van der Waals surface area (Å²) in [5.74, 6) is -1.13. The molecule has 0 spiro atoms. The lowest BCUT2D eigenvalue weighted by atomic mass is 10.1. The van der Waals surface area contributed by atoms with Gasteiger partial charge >= 0.3 is 12.1 Å².